The highest BCUT2D eigenvalue weighted by molar-refractivity contribution is 6.04. The molecular formula is C11H14N4O4. The molecule has 0 fully saturated rings. The maximum atomic E-state index is 11.6. The average molecular weight is 266 g/mol. The summed E-state index contributed by atoms with van der Waals surface area (Å²) in [6.45, 7) is 2.46. The monoisotopic (exact) mass is 266 g/mol. The normalized spacial score (nSPS) is 9.74. The number of nitro groups is 1. The van der Waals surface area contributed by atoms with Crippen molar-refractivity contribution in [2.24, 2.45) is 0 Å². The Hall–Kier alpha value is -2.51. The Kier molecular flexibility index (Phi) is 5.39. The van der Waals surface area contributed by atoms with E-state index in [0.717, 1.165) is 25.1 Å². The van der Waals surface area contributed by atoms with Crippen LogP contribution in [-0.2, 0) is 0 Å². The number of unbranched alkanes of at least 4 members (excludes halogenated alkanes) is 1. The summed E-state index contributed by atoms with van der Waals surface area (Å²) in [7, 11) is 0. The van der Waals surface area contributed by atoms with Gasteiger partial charge in [0.15, 0.2) is 6.20 Å². The van der Waals surface area contributed by atoms with E-state index in [0.29, 0.717) is 6.54 Å². The first-order valence-electron chi connectivity index (χ1n) is 5.74. The number of aromatic nitrogens is 1. The molecule has 0 spiro atoms. The molecule has 0 aliphatic heterocycles. The highest BCUT2D eigenvalue weighted by Crippen LogP contribution is 2.07. The van der Waals surface area contributed by atoms with Gasteiger partial charge in [0.2, 0.25) is 0 Å². The van der Waals surface area contributed by atoms with Crippen LogP contribution in [0.1, 0.15) is 30.1 Å². The molecule has 1 heterocycles. The topological polar surface area (TPSA) is 114 Å². The van der Waals surface area contributed by atoms with Crippen LogP contribution in [0.15, 0.2) is 18.3 Å². The van der Waals surface area contributed by atoms with Crippen molar-refractivity contribution < 1.29 is 14.5 Å². The van der Waals surface area contributed by atoms with E-state index in [4.69, 9.17) is 0 Å². The first-order chi connectivity index (χ1) is 9.04. The molecule has 0 bridgehead atoms. The van der Waals surface area contributed by atoms with Crippen molar-refractivity contribution in [1.29, 1.82) is 0 Å². The molecule has 19 heavy (non-hydrogen) atoms. The molecule has 0 aliphatic rings. The smallest absolute Gasteiger partial charge is 0.358 e. The molecule has 0 saturated heterocycles. The number of carbonyl (C=O) groups excluding carboxylic acids is 2. The fourth-order valence-corrected chi connectivity index (χ4v) is 1.23. The first-order valence-corrected chi connectivity index (χ1v) is 5.74. The third-order valence-corrected chi connectivity index (χ3v) is 2.24. The largest absolute Gasteiger partial charge is 0.363 e. The van der Waals surface area contributed by atoms with Crippen LogP contribution in [0.25, 0.3) is 0 Å². The summed E-state index contributed by atoms with van der Waals surface area (Å²) in [5.74, 6) is -1.01. The summed E-state index contributed by atoms with van der Waals surface area (Å²) in [5, 5.41) is 15.0. The Balaban J connectivity index is 2.53. The van der Waals surface area contributed by atoms with Crippen molar-refractivity contribution in [3.63, 3.8) is 0 Å². The number of nitrogens with zero attached hydrogens (tertiary/aromatic N) is 2. The third kappa shape index (κ3) is 4.70. The maximum absolute atomic E-state index is 11.6. The maximum Gasteiger partial charge on any atom is 0.363 e. The zero-order valence-corrected chi connectivity index (χ0v) is 10.4. The third-order valence-electron chi connectivity index (χ3n) is 2.24. The molecular weight excluding hydrogens is 252 g/mol. The SMILES string of the molecule is CCCCNC(=O)NC(=O)c1ccc([N+](=O)[O-])nc1. The summed E-state index contributed by atoms with van der Waals surface area (Å²) >= 11 is 0. The van der Waals surface area contributed by atoms with E-state index in [1.54, 1.807) is 0 Å². The number of imide groups is 1. The van der Waals surface area contributed by atoms with E-state index in [-0.39, 0.29) is 11.4 Å². The summed E-state index contributed by atoms with van der Waals surface area (Å²) in [6.07, 6.45) is 2.80. The van der Waals surface area contributed by atoms with E-state index < -0.39 is 16.9 Å². The lowest BCUT2D eigenvalue weighted by Gasteiger charge is -2.05. The van der Waals surface area contributed by atoms with E-state index in [1.807, 2.05) is 6.92 Å². The second kappa shape index (κ2) is 7.04. The van der Waals surface area contributed by atoms with E-state index >= 15 is 0 Å². The van der Waals surface area contributed by atoms with Crippen LogP contribution in [0.2, 0.25) is 0 Å². The Labute approximate surface area is 109 Å². The molecule has 1 aromatic rings. The van der Waals surface area contributed by atoms with Crippen molar-refractivity contribution in [2.45, 2.75) is 19.8 Å². The van der Waals surface area contributed by atoms with Gasteiger partial charge in [-0.3, -0.25) is 10.1 Å². The lowest BCUT2D eigenvalue weighted by atomic mass is 10.2. The summed E-state index contributed by atoms with van der Waals surface area (Å²) < 4.78 is 0. The molecule has 0 aliphatic carbocycles. The van der Waals surface area contributed by atoms with Gasteiger partial charge in [-0.25, -0.2) is 4.79 Å². The average Bonchev–Trinajstić information content (AvgIpc) is 2.39. The van der Waals surface area contributed by atoms with Crippen molar-refractivity contribution in [3.8, 4) is 0 Å². The Morgan fingerprint density at radius 2 is 2.16 bits per heavy atom. The Bertz CT molecular complexity index is 472. The van der Waals surface area contributed by atoms with Crippen LogP contribution in [0.3, 0.4) is 0 Å². The number of hydrogen-bond donors (Lipinski definition) is 2. The van der Waals surface area contributed by atoms with Crippen molar-refractivity contribution >= 4 is 17.8 Å². The molecule has 1 rings (SSSR count). The van der Waals surface area contributed by atoms with E-state index in [1.165, 1.54) is 6.07 Å². The molecule has 0 radical (unpaired) electrons. The van der Waals surface area contributed by atoms with Gasteiger partial charge in [-0.15, -0.1) is 0 Å². The molecule has 8 heteroatoms. The summed E-state index contributed by atoms with van der Waals surface area (Å²) in [4.78, 5) is 36.1. The number of pyridine rings is 1. The zero-order chi connectivity index (χ0) is 14.3. The second-order valence-electron chi connectivity index (χ2n) is 3.73. The van der Waals surface area contributed by atoms with Gasteiger partial charge in [0, 0.05) is 12.6 Å². The van der Waals surface area contributed by atoms with Crippen molar-refractivity contribution in [3.05, 3.63) is 34.0 Å². The quantitative estimate of drug-likeness (QED) is 0.472. The number of hydrogen-bond acceptors (Lipinski definition) is 5. The standard InChI is InChI=1S/C11H14N4O4/c1-2-3-6-12-11(17)14-10(16)8-4-5-9(13-7-8)15(18)19/h4-5,7H,2-3,6H2,1H3,(H2,12,14,16,17). The van der Waals surface area contributed by atoms with Crippen LogP contribution >= 0.6 is 0 Å². The molecule has 0 aromatic carbocycles. The Morgan fingerprint density at radius 1 is 1.42 bits per heavy atom. The summed E-state index contributed by atoms with van der Waals surface area (Å²) in [6, 6.07) is 1.74. The number of amides is 3. The number of nitrogens with one attached hydrogen (secondary N) is 2. The van der Waals surface area contributed by atoms with Gasteiger partial charge in [0.25, 0.3) is 5.91 Å². The summed E-state index contributed by atoms with van der Waals surface area (Å²) in [5.41, 5.74) is 0.0799. The minimum absolute atomic E-state index is 0.0799. The number of urea groups is 1. The van der Waals surface area contributed by atoms with Gasteiger partial charge < -0.3 is 15.4 Å². The van der Waals surface area contributed by atoms with Crippen LogP contribution in [-0.4, -0.2) is 28.4 Å². The van der Waals surface area contributed by atoms with Crippen LogP contribution in [0.5, 0.6) is 0 Å². The van der Waals surface area contributed by atoms with Gasteiger partial charge in [0.05, 0.1) is 5.56 Å². The predicted molar refractivity (Wildman–Crippen MR) is 66.7 cm³/mol. The highest BCUT2D eigenvalue weighted by Gasteiger charge is 2.13. The molecule has 3 amide bonds. The van der Waals surface area contributed by atoms with Crippen LogP contribution in [0.4, 0.5) is 10.6 Å². The van der Waals surface area contributed by atoms with Gasteiger partial charge in [-0.1, -0.05) is 13.3 Å². The minimum Gasteiger partial charge on any atom is -0.358 e. The number of carbonyl (C=O) groups is 2. The highest BCUT2D eigenvalue weighted by atomic mass is 16.6. The van der Waals surface area contributed by atoms with Crippen molar-refractivity contribution in [1.82, 2.24) is 15.6 Å². The molecule has 2 N–H and O–H groups in total. The first kappa shape index (κ1) is 14.6. The minimum atomic E-state index is -0.668. The van der Waals surface area contributed by atoms with Gasteiger partial charge in [-0.2, -0.15) is 0 Å². The predicted octanol–water partition coefficient (Wildman–Crippen LogP) is 1.23. The van der Waals surface area contributed by atoms with Gasteiger partial charge in [0.1, 0.15) is 0 Å². The lowest BCUT2D eigenvalue weighted by molar-refractivity contribution is -0.389. The van der Waals surface area contributed by atoms with Gasteiger partial charge in [-0.05, 0) is 22.4 Å². The second-order valence-corrected chi connectivity index (χ2v) is 3.73. The van der Waals surface area contributed by atoms with Gasteiger partial charge >= 0.3 is 11.8 Å². The van der Waals surface area contributed by atoms with Crippen LogP contribution in [0, 0.1) is 10.1 Å². The Morgan fingerprint density at radius 3 is 2.68 bits per heavy atom. The van der Waals surface area contributed by atoms with E-state index in [9.17, 15) is 19.7 Å². The molecule has 0 unspecified atom stereocenters. The van der Waals surface area contributed by atoms with Crippen molar-refractivity contribution in [2.75, 3.05) is 6.54 Å². The molecule has 8 nitrogen and oxygen atoms in total. The zero-order valence-electron chi connectivity index (χ0n) is 10.4. The lowest BCUT2D eigenvalue weighted by Crippen LogP contribution is -2.39. The molecule has 0 saturated carbocycles. The fourth-order valence-electron chi connectivity index (χ4n) is 1.23. The van der Waals surface area contributed by atoms with E-state index in [2.05, 4.69) is 15.6 Å². The van der Waals surface area contributed by atoms with Crippen LogP contribution < -0.4 is 10.6 Å². The molecule has 102 valence electrons. The fraction of sp³-hybridized carbons (Fsp3) is 0.364. The molecule has 0 atom stereocenters. The molecule has 1 aromatic heterocycles. The number of rotatable bonds is 5.